The SMILES string of the molecule is Cc1nn(-c2ccccc2)c(C)c1/C=C/C(=O)Nc1ccc(NC(=O)C2CC2)cc1. The summed E-state index contributed by atoms with van der Waals surface area (Å²) in [6.07, 6.45) is 5.23. The molecule has 1 fully saturated rings. The first kappa shape index (κ1) is 19.6. The van der Waals surface area contributed by atoms with E-state index in [9.17, 15) is 9.59 Å². The van der Waals surface area contributed by atoms with Gasteiger partial charge in [0.25, 0.3) is 0 Å². The van der Waals surface area contributed by atoms with Gasteiger partial charge in [-0.1, -0.05) is 18.2 Å². The number of hydrogen-bond acceptors (Lipinski definition) is 3. The van der Waals surface area contributed by atoms with E-state index in [0.29, 0.717) is 5.69 Å². The van der Waals surface area contributed by atoms with Crippen LogP contribution in [0.5, 0.6) is 0 Å². The normalized spacial score (nSPS) is 13.4. The summed E-state index contributed by atoms with van der Waals surface area (Å²) in [4.78, 5) is 24.2. The highest BCUT2D eigenvalue weighted by Crippen LogP contribution is 2.30. The molecule has 6 nitrogen and oxygen atoms in total. The van der Waals surface area contributed by atoms with Crippen LogP contribution in [0.3, 0.4) is 0 Å². The second-order valence-electron chi connectivity index (χ2n) is 7.50. The van der Waals surface area contributed by atoms with Gasteiger partial charge in [-0.05, 0) is 69.2 Å². The lowest BCUT2D eigenvalue weighted by atomic mass is 10.2. The number of anilines is 2. The van der Waals surface area contributed by atoms with Gasteiger partial charge in [-0.15, -0.1) is 0 Å². The van der Waals surface area contributed by atoms with Crippen LogP contribution < -0.4 is 10.6 Å². The molecule has 0 atom stereocenters. The fraction of sp³-hybridized carbons (Fsp3) is 0.208. The highest BCUT2D eigenvalue weighted by Gasteiger charge is 2.29. The lowest BCUT2D eigenvalue weighted by Crippen LogP contribution is -2.13. The number of nitrogens with zero attached hydrogens (tertiary/aromatic N) is 2. The summed E-state index contributed by atoms with van der Waals surface area (Å²) in [6.45, 7) is 3.91. The van der Waals surface area contributed by atoms with E-state index in [1.165, 1.54) is 6.08 Å². The van der Waals surface area contributed by atoms with Gasteiger partial charge in [0.15, 0.2) is 0 Å². The third kappa shape index (κ3) is 4.49. The van der Waals surface area contributed by atoms with Gasteiger partial charge < -0.3 is 10.6 Å². The zero-order valence-electron chi connectivity index (χ0n) is 17.1. The minimum Gasteiger partial charge on any atom is -0.326 e. The molecule has 30 heavy (non-hydrogen) atoms. The predicted octanol–water partition coefficient (Wildman–Crippen LogP) is 4.49. The molecule has 1 saturated carbocycles. The number of nitrogens with one attached hydrogen (secondary N) is 2. The Balaban J connectivity index is 1.40. The van der Waals surface area contributed by atoms with Crippen LogP contribution in [0.25, 0.3) is 11.8 Å². The van der Waals surface area contributed by atoms with E-state index in [4.69, 9.17) is 0 Å². The van der Waals surface area contributed by atoms with Gasteiger partial charge >= 0.3 is 0 Å². The van der Waals surface area contributed by atoms with Crippen LogP contribution in [-0.4, -0.2) is 21.6 Å². The smallest absolute Gasteiger partial charge is 0.248 e. The first-order valence-electron chi connectivity index (χ1n) is 10.0. The van der Waals surface area contributed by atoms with Crippen molar-refractivity contribution in [3.8, 4) is 5.69 Å². The number of carbonyl (C=O) groups is 2. The number of rotatable bonds is 6. The summed E-state index contributed by atoms with van der Waals surface area (Å²) >= 11 is 0. The largest absolute Gasteiger partial charge is 0.326 e. The average Bonchev–Trinajstić information content (AvgIpc) is 3.55. The molecular formula is C24H24N4O2. The Labute approximate surface area is 175 Å². The van der Waals surface area contributed by atoms with E-state index in [1.807, 2.05) is 48.9 Å². The Morgan fingerprint density at radius 2 is 1.60 bits per heavy atom. The van der Waals surface area contributed by atoms with Crippen LogP contribution in [0.15, 0.2) is 60.7 Å². The summed E-state index contributed by atoms with van der Waals surface area (Å²) in [5, 5.41) is 10.3. The molecule has 0 bridgehead atoms. The minimum absolute atomic E-state index is 0.0662. The highest BCUT2D eigenvalue weighted by atomic mass is 16.2. The van der Waals surface area contributed by atoms with Gasteiger partial charge in [0.1, 0.15) is 0 Å². The zero-order chi connectivity index (χ0) is 21.1. The van der Waals surface area contributed by atoms with E-state index in [2.05, 4.69) is 15.7 Å². The van der Waals surface area contributed by atoms with E-state index in [0.717, 1.165) is 41.2 Å². The Morgan fingerprint density at radius 1 is 0.967 bits per heavy atom. The Bertz CT molecular complexity index is 1090. The van der Waals surface area contributed by atoms with Crippen molar-refractivity contribution in [2.24, 2.45) is 5.92 Å². The maximum absolute atomic E-state index is 12.4. The fourth-order valence-electron chi connectivity index (χ4n) is 3.29. The quantitative estimate of drug-likeness (QED) is 0.599. The standard InChI is InChI=1S/C24H24N4O2/c1-16-22(17(2)28(27-16)21-6-4-3-5-7-21)14-15-23(29)25-19-10-12-20(13-11-19)26-24(30)18-8-9-18/h3-7,10-15,18H,8-9H2,1-2H3,(H,25,29)(H,26,30)/b15-14+. The average molecular weight is 400 g/mol. The Hall–Kier alpha value is -3.67. The maximum Gasteiger partial charge on any atom is 0.248 e. The van der Waals surface area contributed by atoms with Crippen molar-refractivity contribution in [1.29, 1.82) is 0 Å². The molecule has 0 saturated heterocycles. The van der Waals surface area contributed by atoms with Gasteiger partial charge in [-0.2, -0.15) is 5.10 Å². The summed E-state index contributed by atoms with van der Waals surface area (Å²) in [7, 11) is 0. The van der Waals surface area contributed by atoms with Crippen LogP contribution in [0.2, 0.25) is 0 Å². The van der Waals surface area contributed by atoms with E-state index < -0.39 is 0 Å². The zero-order valence-corrected chi connectivity index (χ0v) is 17.1. The summed E-state index contributed by atoms with van der Waals surface area (Å²) in [5.41, 5.74) is 5.14. The number of aryl methyl sites for hydroxylation is 1. The number of amides is 2. The Morgan fingerprint density at radius 3 is 2.23 bits per heavy atom. The van der Waals surface area contributed by atoms with Gasteiger partial charge in [0.05, 0.1) is 11.4 Å². The molecule has 0 unspecified atom stereocenters. The monoisotopic (exact) mass is 400 g/mol. The van der Waals surface area contributed by atoms with Crippen molar-refractivity contribution in [1.82, 2.24) is 9.78 Å². The van der Waals surface area contributed by atoms with Crippen molar-refractivity contribution in [2.75, 3.05) is 10.6 Å². The first-order chi connectivity index (χ1) is 14.5. The third-order valence-corrected chi connectivity index (χ3v) is 5.12. The molecule has 0 aliphatic heterocycles. The molecule has 0 spiro atoms. The van der Waals surface area contributed by atoms with Crippen molar-refractivity contribution in [3.63, 3.8) is 0 Å². The van der Waals surface area contributed by atoms with Crippen molar-refractivity contribution >= 4 is 29.3 Å². The molecule has 2 N–H and O–H groups in total. The molecular weight excluding hydrogens is 376 g/mol. The van der Waals surface area contributed by atoms with E-state index >= 15 is 0 Å². The lowest BCUT2D eigenvalue weighted by Gasteiger charge is -2.06. The molecule has 152 valence electrons. The topological polar surface area (TPSA) is 76.0 Å². The minimum atomic E-state index is -0.226. The van der Waals surface area contributed by atoms with Crippen LogP contribution in [0, 0.1) is 19.8 Å². The second kappa shape index (κ2) is 8.37. The highest BCUT2D eigenvalue weighted by molar-refractivity contribution is 6.02. The first-order valence-corrected chi connectivity index (χ1v) is 10.0. The summed E-state index contributed by atoms with van der Waals surface area (Å²) < 4.78 is 1.88. The third-order valence-electron chi connectivity index (χ3n) is 5.12. The molecule has 0 radical (unpaired) electrons. The molecule has 2 aromatic carbocycles. The van der Waals surface area contributed by atoms with Crippen molar-refractivity contribution in [3.05, 3.63) is 77.6 Å². The lowest BCUT2D eigenvalue weighted by molar-refractivity contribution is -0.117. The fourth-order valence-corrected chi connectivity index (χ4v) is 3.29. The van der Waals surface area contributed by atoms with Crippen molar-refractivity contribution in [2.45, 2.75) is 26.7 Å². The van der Waals surface area contributed by atoms with Gasteiger partial charge in [-0.3, -0.25) is 9.59 Å². The van der Waals surface area contributed by atoms with Crippen LogP contribution in [0.1, 0.15) is 29.8 Å². The number of benzene rings is 2. The van der Waals surface area contributed by atoms with Crippen LogP contribution in [0.4, 0.5) is 11.4 Å². The van der Waals surface area contributed by atoms with Gasteiger partial charge in [0.2, 0.25) is 11.8 Å². The molecule has 4 rings (SSSR count). The number of aromatic nitrogens is 2. The summed E-state index contributed by atoms with van der Waals surface area (Å²) in [6, 6.07) is 17.0. The maximum atomic E-state index is 12.4. The van der Waals surface area contributed by atoms with Crippen LogP contribution in [-0.2, 0) is 9.59 Å². The predicted molar refractivity (Wildman–Crippen MR) is 118 cm³/mol. The number of hydrogen-bond donors (Lipinski definition) is 2. The summed E-state index contributed by atoms with van der Waals surface area (Å²) in [5.74, 6) is 0.000195. The van der Waals surface area contributed by atoms with Crippen molar-refractivity contribution < 1.29 is 9.59 Å². The van der Waals surface area contributed by atoms with Crippen LogP contribution >= 0.6 is 0 Å². The number of carbonyl (C=O) groups excluding carboxylic acids is 2. The Kier molecular flexibility index (Phi) is 5.48. The van der Waals surface area contributed by atoms with E-state index in [1.54, 1.807) is 30.3 Å². The second-order valence-corrected chi connectivity index (χ2v) is 7.50. The molecule has 6 heteroatoms. The number of para-hydroxylation sites is 1. The van der Waals surface area contributed by atoms with Gasteiger partial charge in [0, 0.05) is 34.6 Å². The van der Waals surface area contributed by atoms with Gasteiger partial charge in [-0.25, -0.2) is 4.68 Å². The molecule has 1 aromatic heterocycles. The van der Waals surface area contributed by atoms with E-state index in [-0.39, 0.29) is 17.7 Å². The molecule has 3 aromatic rings. The molecule has 1 aliphatic carbocycles. The molecule has 2 amide bonds. The molecule has 1 aliphatic rings. The molecule has 1 heterocycles.